The van der Waals surface area contributed by atoms with Crippen LogP contribution in [0, 0.1) is 13.8 Å². The molecule has 0 aliphatic carbocycles. The summed E-state index contributed by atoms with van der Waals surface area (Å²) in [5.74, 6) is -0.599. The molecule has 0 radical (unpaired) electrons. The minimum atomic E-state index is -0.467. The number of nitrogens with one attached hydrogen (secondary N) is 1. The molecule has 0 aliphatic heterocycles. The number of carbonyl (C=O) groups is 2. The molecule has 1 heterocycles. The standard InChI is InChI=1S/C17H17Cl2NO4S/c1-5-24-17(22)13-8(2)9(3)25-16(13)20-15(21)10-6-11(18)14(23-4)12(19)7-10/h6-7H,5H2,1-4H3,(H,20,21). The molecule has 0 unspecified atom stereocenters. The average molecular weight is 402 g/mol. The maximum atomic E-state index is 12.6. The molecule has 0 bridgehead atoms. The molecule has 1 N–H and O–H groups in total. The molecule has 134 valence electrons. The summed E-state index contributed by atoms with van der Waals surface area (Å²) in [4.78, 5) is 25.7. The lowest BCUT2D eigenvalue weighted by Gasteiger charge is -2.10. The van der Waals surface area contributed by atoms with Crippen LogP contribution in [0.5, 0.6) is 5.75 Å². The fraction of sp³-hybridized carbons (Fsp3) is 0.294. The van der Waals surface area contributed by atoms with Crippen LogP contribution < -0.4 is 10.1 Å². The van der Waals surface area contributed by atoms with E-state index >= 15 is 0 Å². The Labute approximate surface area is 159 Å². The number of benzene rings is 1. The van der Waals surface area contributed by atoms with E-state index in [2.05, 4.69) is 5.32 Å². The van der Waals surface area contributed by atoms with Gasteiger partial charge in [0.2, 0.25) is 0 Å². The maximum Gasteiger partial charge on any atom is 0.341 e. The molecule has 1 aromatic heterocycles. The molecule has 0 saturated carbocycles. The van der Waals surface area contributed by atoms with Gasteiger partial charge in [-0.1, -0.05) is 23.2 Å². The molecule has 1 amide bonds. The normalized spacial score (nSPS) is 10.5. The number of methoxy groups -OCH3 is 1. The van der Waals surface area contributed by atoms with Gasteiger partial charge in [0, 0.05) is 10.4 Å². The van der Waals surface area contributed by atoms with E-state index in [9.17, 15) is 9.59 Å². The molecule has 0 fully saturated rings. The van der Waals surface area contributed by atoms with E-state index in [-0.39, 0.29) is 22.2 Å². The average Bonchev–Trinajstić information content (AvgIpc) is 2.81. The Morgan fingerprint density at radius 2 is 1.80 bits per heavy atom. The van der Waals surface area contributed by atoms with Gasteiger partial charge >= 0.3 is 5.97 Å². The molecule has 2 aromatic rings. The van der Waals surface area contributed by atoms with E-state index in [1.165, 1.54) is 30.6 Å². The van der Waals surface area contributed by atoms with E-state index in [0.717, 1.165) is 10.4 Å². The SMILES string of the molecule is CCOC(=O)c1c(NC(=O)c2cc(Cl)c(OC)c(Cl)c2)sc(C)c1C. The number of aryl methyl sites for hydroxylation is 1. The number of amides is 1. The second-order valence-corrected chi connectivity index (χ2v) is 7.17. The zero-order chi connectivity index (χ0) is 18.7. The minimum absolute atomic E-state index is 0.226. The van der Waals surface area contributed by atoms with Crippen LogP contribution in [0.25, 0.3) is 0 Å². The van der Waals surface area contributed by atoms with Gasteiger partial charge in [0.25, 0.3) is 5.91 Å². The van der Waals surface area contributed by atoms with Crippen molar-refractivity contribution in [2.75, 3.05) is 19.0 Å². The van der Waals surface area contributed by atoms with Crippen LogP contribution >= 0.6 is 34.5 Å². The van der Waals surface area contributed by atoms with Crippen LogP contribution in [-0.2, 0) is 4.74 Å². The molecule has 1 aromatic carbocycles. The number of hydrogen-bond acceptors (Lipinski definition) is 5. The summed E-state index contributed by atoms with van der Waals surface area (Å²) in [6.07, 6.45) is 0. The summed E-state index contributed by atoms with van der Waals surface area (Å²) >= 11 is 13.5. The molecule has 0 saturated heterocycles. The van der Waals surface area contributed by atoms with Crippen molar-refractivity contribution in [2.45, 2.75) is 20.8 Å². The fourth-order valence-electron chi connectivity index (χ4n) is 2.23. The van der Waals surface area contributed by atoms with Crippen LogP contribution in [0.3, 0.4) is 0 Å². The van der Waals surface area contributed by atoms with Gasteiger partial charge in [-0.2, -0.15) is 0 Å². The van der Waals surface area contributed by atoms with Gasteiger partial charge in [-0.05, 0) is 38.5 Å². The van der Waals surface area contributed by atoms with Crippen LogP contribution in [0.1, 0.15) is 38.1 Å². The number of esters is 1. The quantitative estimate of drug-likeness (QED) is 0.706. The van der Waals surface area contributed by atoms with Crippen LogP contribution in [0.2, 0.25) is 10.0 Å². The van der Waals surface area contributed by atoms with Crippen molar-refractivity contribution in [2.24, 2.45) is 0 Å². The molecular weight excluding hydrogens is 385 g/mol. The van der Waals surface area contributed by atoms with Crippen LogP contribution in [-0.4, -0.2) is 25.6 Å². The van der Waals surface area contributed by atoms with Crippen molar-refractivity contribution >= 4 is 51.4 Å². The third kappa shape index (κ3) is 4.08. The minimum Gasteiger partial charge on any atom is -0.494 e. The third-order valence-corrected chi connectivity index (χ3v) is 5.24. The Morgan fingerprint density at radius 1 is 1.20 bits per heavy atom. The number of hydrogen-bond donors (Lipinski definition) is 1. The number of ether oxygens (including phenoxy) is 2. The van der Waals surface area contributed by atoms with Crippen molar-refractivity contribution in [3.8, 4) is 5.75 Å². The summed E-state index contributed by atoms with van der Waals surface area (Å²) in [7, 11) is 1.44. The first-order chi connectivity index (χ1) is 11.8. The second kappa shape index (κ2) is 8.08. The van der Waals surface area contributed by atoms with E-state index in [0.29, 0.717) is 16.3 Å². The highest BCUT2D eigenvalue weighted by atomic mass is 35.5. The Hall–Kier alpha value is -1.76. The molecule has 0 aliphatic rings. The van der Waals surface area contributed by atoms with Gasteiger partial charge in [0.1, 0.15) is 5.00 Å². The van der Waals surface area contributed by atoms with Crippen molar-refractivity contribution in [1.29, 1.82) is 0 Å². The Morgan fingerprint density at radius 3 is 2.32 bits per heavy atom. The Bertz CT molecular complexity index is 809. The van der Waals surface area contributed by atoms with Crippen molar-refractivity contribution in [3.05, 3.63) is 43.7 Å². The zero-order valence-corrected chi connectivity index (χ0v) is 16.5. The lowest BCUT2D eigenvalue weighted by Crippen LogP contribution is -2.15. The highest BCUT2D eigenvalue weighted by Crippen LogP contribution is 2.36. The van der Waals surface area contributed by atoms with Gasteiger partial charge < -0.3 is 14.8 Å². The number of thiophene rings is 1. The molecule has 0 spiro atoms. The van der Waals surface area contributed by atoms with E-state index < -0.39 is 11.9 Å². The van der Waals surface area contributed by atoms with Crippen LogP contribution in [0.15, 0.2) is 12.1 Å². The van der Waals surface area contributed by atoms with Crippen molar-refractivity contribution in [3.63, 3.8) is 0 Å². The fourth-order valence-corrected chi connectivity index (χ4v) is 3.91. The predicted molar refractivity (Wildman–Crippen MR) is 101 cm³/mol. The maximum absolute atomic E-state index is 12.6. The lowest BCUT2D eigenvalue weighted by molar-refractivity contribution is 0.0527. The first-order valence-corrected chi connectivity index (χ1v) is 8.98. The zero-order valence-electron chi connectivity index (χ0n) is 14.2. The number of carbonyl (C=O) groups excluding carboxylic acids is 2. The van der Waals surface area contributed by atoms with Crippen LogP contribution in [0.4, 0.5) is 5.00 Å². The second-order valence-electron chi connectivity index (χ2n) is 5.14. The first-order valence-electron chi connectivity index (χ1n) is 7.41. The highest BCUT2D eigenvalue weighted by Gasteiger charge is 2.23. The molecular formula is C17H17Cl2NO4S. The van der Waals surface area contributed by atoms with Gasteiger partial charge in [0.15, 0.2) is 5.75 Å². The van der Waals surface area contributed by atoms with Gasteiger partial charge in [-0.25, -0.2) is 4.79 Å². The number of halogens is 2. The Kier molecular flexibility index (Phi) is 6.32. The largest absolute Gasteiger partial charge is 0.494 e. The predicted octanol–water partition coefficient (Wildman–Crippen LogP) is 5.11. The molecule has 5 nitrogen and oxygen atoms in total. The summed E-state index contributed by atoms with van der Waals surface area (Å²) in [6.45, 7) is 5.67. The first kappa shape index (κ1) is 19.6. The Balaban J connectivity index is 2.36. The number of rotatable bonds is 5. The van der Waals surface area contributed by atoms with E-state index in [1.54, 1.807) is 6.92 Å². The van der Waals surface area contributed by atoms with Gasteiger partial charge in [-0.15, -0.1) is 11.3 Å². The molecule has 0 atom stereocenters. The van der Waals surface area contributed by atoms with Gasteiger partial charge in [-0.3, -0.25) is 4.79 Å². The smallest absolute Gasteiger partial charge is 0.341 e. The third-order valence-electron chi connectivity index (χ3n) is 3.56. The van der Waals surface area contributed by atoms with Gasteiger partial charge in [0.05, 0.1) is 29.3 Å². The highest BCUT2D eigenvalue weighted by molar-refractivity contribution is 7.16. The monoisotopic (exact) mass is 401 g/mol. The van der Waals surface area contributed by atoms with Crippen molar-refractivity contribution < 1.29 is 19.1 Å². The molecule has 2 rings (SSSR count). The summed E-state index contributed by atoms with van der Waals surface area (Å²) in [6, 6.07) is 2.91. The number of anilines is 1. The molecule has 25 heavy (non-hydrogen) atoms. The molecule has 8 heteroatoms. The summed E-state index contributed by atoms with van der Waals surface area (Å²) in [5.41, 5.74) is 1.40. The summed E-state index contributed by atoms with van der Waals surface area (Å²) in [5, 5.41) is 3.62. The van der Waals surface area contributed by atoms with E-state index in [4.69, 9.17) is 32.7 Å². The lowest BCUT2D eigenvalue weighted by atomic mass is 10.1. The van der Waals surface area contributed by atoms with Crippen molar-refractivity contribution in [1.82, 2.24) is 0 Å². The van der Waals surface area contributed by atoms with E-state index in [1.807, 2.05) is 13.8 Å². The summed E-state index contributed by atoms with van der Waals surface area (Å²) < 4.78 is 10.1. The topological polar surface area (TPSA) is 64.6 Å².